The summed E-state index contributed by atoms with van der Waals surface area (Å²) in [7, 11) is 0. The maximum Gasteiger partial charge on any atom is 0.253 e. The highest BCUT2D eigenvalue weighted by atomic mass is 16.5. The summed E-state index contributed by atoms with van der Waals surface area (Å²) in [6.45, 7) is 7.94. The molecule has 4 heteroatoms. The first-order valence-electron chi connectivity index (χ1n) is 10.7. The fourth-order valence-electron chi connectivity index (χ4n) is 4.69. The number of likely N-dealkylation sites (tertiary alicyclic amines) is 1. The highest BCUT2D eigenvalue weighted by molar-refractivity contribution is 5.94. The Bertz CT molecular complexity index is 1080. The summed E-state index contributed by atoms with van der Waals surface area (Å²) in [6.07, 6.45) is 3.68. The minimum absolute atomic E-state index is 0.0859. The average Bonchev–Trinajstić information content (AvgIpc) is 3.25. The molecular formula is C26H28N2O2. The molecule has 0 aliphatic carbocycles. The SMILES string of the molecule is CC(C)(C)c1ccc(C(=O)N2CCC3(CC2)Oc2ccccc2-n2cccc23)cc1. The van der Waals surface area contributed by atoms with Crippen LogP contribution in [-0.4, -0.2) is 28.5 Å². The van der Waals surface area contributed by atoms with Crippen LogP contribution in [0.5, 0.6) is 5.75 Å². The van der Waals surface area contributed by atoms with Gasteiger partial charge in [-0.25, -0.2) is 0 Å². The van der Waals surface area contributed by atoms with E-state index in [0.29, 0.717) is 13.1 Å². The lowest BCUT2D eigenvalue weighted by Crippen LogP contribution is -2.50. The number of hydrogen-bond donors (Lipinski definition) is 0. The minimum Gasteiger partial charge on any atom is -0.479 e. The number of carbonyl (C=O) groups excluding carboxylic acids is 1. The van der Waals surface area contributed by atoms with E-state index in [1.807, 2.05) is 35.2 Å². The van der Waals surface area contributed by atoms with Crippen LogP contribution in [0.1, 0.15) is 55.2 Å². The summed E-state index contributed by atoms with van der Waals surface area (Å²) in [5, 5.41) is 0. The summed E-state index contributed by atoms with van der Waals surface area (Å²) >= 11 is 0. The lowest BCUT2D eigenvalue weighted by molar-refractivity contribution is -0.00931. The van der Waals surface area contributed by atoms with Crippen LogP contribution < -0.4 is 4.74 Å². The second-order valence-corrected chi connectivity index (χ2v) is 9.45. The molecule has 0 radical (unpaired) electrons. The number of amides is 1. The van der Waals surface area contributed by atoms with Crippen molar-refractivity contribution in [1.29, 1.82) is 0 Å². The van der Waals surface area contributed by atoms with E-state index in [0.717, 1.165) is 29.8 Å². The van der Waals surface area contributed by atoms with Gasteiger partial charge in [-0.15, -0.1) is 0 Å². The third-order valence-electron chi connectivity index (χ3n) is 6.50. The highest BCUT2D eigenvalue weighted by Gasteiger charge is 2.44. The van der Waals surface area contributed by atoms with Crippen LogP contribution in [0.3, 0.4) is 0 Å². The lowest BCUT2D eigenvalue weighted by atomic mass is 9.85. The molecule has 0 unspecified atom stereocenters. The van der Waals surface area contributed by atoms with E-state index in [1.165, 1.54) is 11.3 Å². The van der Waals surface area contributed by atoms with Gasteiger partial charge in [0.05, 0.1) is 11.4 Å². The van der Waals surface area contributed by atoms with Gasteiger partial charge in [0.2, 0.25) is 0 Å². The summed E-state index contributed by atoms with van der Waals surface area (Å²) in [4.78, 5) is 15.1. The van der Waals surface area contributed by atoms with Crippen molar-refractivity contribution < 1.29 is 9.53 Å². The van der Waals surface area contributed by atoms with Gasteiger partial charge in [0, 0.05) is 37.7 Å². The Morgan fingerprint density at radius 3 is 2.33 bits per heavy atom. The second-order valence-electron chi connectivity index (χ2n) is 9.45. The van der Waals surface area contributed by atoms with Gasteiger partial charge in [-0.05, 0) is 47.4 Å². The predicted molar refractivity (Wildman–Crippen MR) is 118 cm³/mol. The Morgan fingerprint density at radius 1 is 0.933 bits per heavy atom. The van der Waals surface area contributed by atoms with Gasteiger partial charge in [0.25, 0.3) is 5.91 Å². The van der Waals surface area contributed by atoms with Gasteiger partial charge in [-0.3, -0.25) is 4.79 Å². The third-order valence-corrected chi connectivity index (χ3v) is 6.50. The van der Waals surface area contributed by atoms with Crippen molar-refractivity contribution in [3.05, 3.63) is 83.7 Å². The first-order chi connectivity index (χ1) is 14.4. The molecular weight excluding hydrogens is 372 g/mol. The molecule has 1 aromatic heterocycles. The van der Waals surface area contributed by atoms with Crippen molar-refractivity contribution in [2.45, 2.75) is 44.6 Å². The van der Waals surface area contributed by atoms with E-state index in [1.54, 1.807) is 0 Å². The van der Waals surface area contributed by atoms with E-state index in [4.69, 9.17) is 4.74 Å². The number of rotatable bonds is 1. The van der Waals surface area contributed by atoms with Crippen molar-refractivity contribution in [3.63, 3.8) is 0 Å². The zero-order valence-corrected chi connectivity index (χ0v) is 17.9. The van der Waals surface area contributed by atoms with Crippen molar-refractivity contribution in [1.82, 2.24) is 9.47 Å². The molecule has 2 aliphatic heterocycles. The second kappa shape index (κ2) is 6.76. The molecule has 4 nitrogen and oxygen atoms in total. The zero-order valence-electron chi connectivity index (χ0n) is 17.9. The molecule has 2 aromatic carbocycles. The van der Waals surface area contributed by atoms with Crippen molar-refractivity contribution in [3.8, 4) is 11.4 Å². The summed E-state index contributed by atoms with van der Waals surface area (Å²) in [5.41, 5.74) is 3.99. The number of nitrogens with zero attached hydrogens (tertiary/aromatic N) is 2. The fraction of sp³-hybridized carbons (Fsp3) is 0.346. The summed E-state index contributed by atoms with van der Waals surface area (Å²) < 4.78 is 8.81. The quantitative estimate of drug-likeness (QED) is 0.556. The number of para-hydroxylation sites is 2. The largest absolute Gasteiger partial charge is 0.479 e. The predicted octanol–water partition coefficient (Wildman–Crippen LogP) is 5.30. The van der Waals surface area contributed by atoms with E-state index >= 15 is 0 Å². The third kappa shape index (κ3) is 3.02. The van der Waals surface area contributed by atoms with Gasteiger partial charge < -0.3 is 14.2 Å². The molecule has 3 aromatic rings. The first kappa shape index (κ1) is 19.0. The molecule has 30 heavy (non-hydrogen) atoms. The van der Waals surface area contributed by atoms with E-state index in [2.05, 4.69) is 61.9 Å². The maximum absolute atomic E-state index is 13.1. The number of hydrogen-bond acceptors (Lipinski definition) is 2. The van der Waals surface area contributed by atoms with Crippen LogP contribution in [0, 0.1) is 0 Å². The summed E-state index contributed by atoms with van der Waals surface area (Å²) in [6, 6.07) is 20.5. The van der Waals surface area contributed by atoms with Crippen molar-refractivity contribution in [2.75, 3.05) is 13.1 Å². The lowest BCUT2D eigenvalue weighted by Gasteiger charge is -2.45. The van der Waals surface area contributed by atoms with Gasteiger partial charge >= 0.3 is 0 Å². The molecule has 0 bridgehead atoms. The van der Waals surface area contributed by atoms with Crippen molar-refractivity contribution >= 4 is 5.91 Å². The number of ether oxygens (including phenoxy) is 1. The van der Waals surface area contributed by atoms with Crippen LogP contribution >= 0.6 is 0 Å². The Labute approximate surface area is 178 Å². The van der Waals surface area contributed by atoms with Gasteiger partial charge in [0.15, 0.2) is 5.60 Å². The van der Waals surface area contributed by atoms with Crippen LogP contribution in [0.15, 0.2) is 66.9 Å². The maximum atomic E-state index is 13.1. The highest BCUT2D eigenvalue weighted by Crippen LogP contribution is 2.45. The number of aromatic nitrogens is 1. The number of carbonyl (C=O) groups is 1. The molecule has 0 N–H and O–H groups in total. The Balaban J connectivity index is 1.35. The normalized spacial score (nSPS) is 17.2. The molecule has 2 aliphatic rings. The van der Waals surface area contributed by atoms with Crippen LogP contribution in [-0.2, 0) is 11.0 Å². The Hall–Kier alpha value is -3.01. The molecule has 0 atom stereocenters. The van der Waals surface area contributed by atoms with Crippen LogP contribution in [0.4, 0.5) is 0 Å². The minimum atomic E-state index is -0.370. The average molecular weight is 401 g/mol. The van der Waals surface area contributed by atoms with Crippen LogP contribution in [0.25, 0.3) is 5.69 Å². The summed E-state index contributed by atoms with van der Waals surface area (Å²) in [5.74, 6) is 1.02. The molecule has 1 spiro atoms. The first-order valence-corrected chi connectivity index (χ1v) is 10.7. The van der Waals surface area contributed by atoms with Gasteiger partial charge in [0.1, 0.15) is 5.75 Å². The molecule has 1 saturated heterocycles. The fourth-order valence-corrected chi connectivity index (χ4v) is 4.69. The smallest absolute Gasteiger partial charge is 0.253 e. The van der Waals surface area contributed by atoms with E-state index < -0.39 is 0 Å². The van der Waals surface area contributed by atoms with Crippen molar-refractivity contribution in [2.24, 2.45) is 0 Å². The molecule has 1 fully saturated rings. The van der Waals surface area contributed by atoms with Gasteiger partial charge in [-0.2, -0.15) is 0 Å². The topological polar surface area (TPSA) is 34.5 Å². The molecule has 5 rings (SSSR count). The molecule has 0 saturated carbocycles. The van der Waals surface area contributed by atoms with Crippen LogP contribution in [0.2, 0.25) is 0 Å². The molecule has 154 valence electrons. The number of benzene rings is 2. The van der Waals surface area contributed by atoms with E-state index in [-0.39, 0.29) is 16.9 Å². The molecule has 3 heterocycles. The zero-order chi connectivity index (χ0) is 20.9. The monoisotopic (exact) mass is 400 g/mol. The van der Waals surface area contributed by atoms with Gasteiger partial charge in [-0.1, -0.05) is 45.0 Å². The standard InChI is InChI=1S/C26H28N2O2/c1-25(2,3)20-12-10-19(11-13-20)24(29)27-17-14-26(15-18-27)23-9-6-16-28(23)21-7-4-5-8-22(21)30-26/h4-13,16H,14-15,17-18H2,1-3H3. The Kier molecular flexibility index (Phi) is 4.28. The number of fused-ring (bicyclic) bond motifs is 4. The number of piperidine rings is 1. The van der Waals surface area contributed by atoms with E-state index in [9.17, 15) is 4.79 Å². The molecule has 1 amide bonds. The Morgan fingerprint density at radius 2 is 1.63 bits per heavy atom.